The number of alkyl halides is 3. The quantitative estimate of drug-likeness (QED) is 0.248. The summed E-state index contributed by atoms with van der Waals surface area (Å²) < 4.78 is 66.3. The normalized spacial score (nSPS) is 11.0. The predicted octanol–water partition coefficient (Wildman–Crippen LogP) is 4.76. The SMILES string of the molecule is CNc1ncc2cc(C#CCNc3ncc(C(F)(F)F)cc3C(=O)NCc3ccc(F)c(F)c3)ccc2n1. The maximum absolute atomic E-state index is 13.4. The second-order valence-corrected chi connectivity index (χ2v) is 7.92. The monoisotopic (exact) mass is 526 g/mol. The maximum atomic E-state index is 13.4. The second kappa shape index (κ2) is 11.1. The first-order chi connectivity index (χ1) is 18.1. The first-order valence-electron chi connectivity index (χ1n) is 11.1. The number of fused-ring (bicyclic) bond motifs is 1. The van der Waals surface area contributed by atoms with Gasteiger partial charge in [-0.3, -0.25) is 4.79 Å². The molecule has 0 atom stereocenters. The first-order valence-corrected chi connectivity index (χ1v) is 11.1. The van der Waals surface area contributed by atoms with E-state index in [1.165, 1.54) is 6.07 Å². The van der Waals surface area contributed by atoms with Crippen molar-refractivity contribution in [2.75, 3.05) is 24.2 Å². The molecule has 7 nitrogen and oxygen atoms in total. The summed E-state index contributed by atoms with van der Waals surface area (Å²) in [5, 5.41) is 8.77. The number of benzene rings is 2. The zero-order valence-corrected chi connectivity index (χ0v) is 19.8. The Morgan fingerprint density at radius 1 is 1.00 bits per heavy atom. The third-order valence-electron chi connectivity index (χ3n) is 5.28. The number of aromatic nitrogens is 3. The third-order valence-corrected chi connectivity index (χ3v) is 5.28. The fraction of sp³-hybridized carbons (Fsp3) is 0.154. The molecule has 0 spiro atoms. The van der Waals surface area contributed by atoms with E-state index in [1.54, 1.807) is 31.4 Å². The van der Waals surface area contributed by atoms with Gasteiger partial charge in [0.15, 0.2) is 11.6 Å². The minimum absolute atomic E-state index is 0.0327. The van der Waals surface area contributed by atoms with Crippen molar-refractivity contribution in [1.29, 1.82) is 0 Å². The number of halogens is 5. The molecule has 0 unspecified atom stereocenters. The highest BCUT2D eigenvalue weighted by Crippen LogP contribution is 2.30. The van der Waals surface area contributed by atoms with E-state index in [1.807, 2.05) is 0 Å². The molecule has 2 heterocycles. The summed E-state index contributed by atoms with van der Waals surface area (Å²) in [7, 11) is 1.71. The molecule has 0 saturated carbocycles. The van der Waals surface area contributed by atoms with E-state index in [0.717, 1.165) is 23.0 Å². The molecule has 0 aliphatic carbocycles. The summed E-state index contributed by atoms with van der Waals surface area (Å²) in [4.78, 5) is 24.9. The lowest BCUT2D eigenvalue weighted by Gasteiger charge is -2.13. The van der Waals surface area contributed by atoms with Gasteiger partial charge in [-0.2, -0.15) is 13.2 Å². The van der Waals surface area contributed by atoms with E-state index in [2.05, 4.69) is 42.7 Å². The first kappa shape index (κ1) is 26.3. The Bertz CT molecular complexity index is 1560. The number of rotatable bonds is 6. The number of hydrogen-bond donors (Lipinski definition) is 3. The van der Waals surface area contributed by atoms with Gasteiger partial charge in [-0.15, -0.1) is 0 Å². The summed E-state index contributed by atoms with van der Waals surface area (Å²) in [6.07, 6.45) is -2.48. The number of hydrogen-bond acceptors (Lipinski definition) is 6. The molecule has 0 radical (unpaired) electrons. The van der Waals surface area contributed by atoms with Crippen LogP contribution in [-0.4, -0.2) is 34.5 Å². The Morgan fingerprint density at radius 2 is 1.82 bits per heavy atom. The van der Waals surface area contributed by atoms with E-state index in [0.29, 0.717) is 23.8 Å². The Balaban J connectivity index is 1.49. The molecular formula is C26H19F5N6O. The van der Waals surface area contributed by atoms with Crippen LogP contribution in [0.25, 0.3) is 10.9 Å². The number of nitrogens with one attached hydrogen (secondary N) is 3. The van der Waals surface area contributed by atoms with E-state index < -0.39 is 29.3 Å². The van der Waals surface area contributed by atoms with Crippen molar-refractivity contribution in [2.24, 2.45) is 0 Å². The van der Waals surface area contributed by atoms with Crippen LogP contribution in [0.3, 0.4) is 0 Å². The van der Waals surface area contributed by atoms with Crippen LogP contribution in [0.4, 0.5) is 33.7 Å². The van der Waals surface area contributed by atoms with Gasteiger partial charge < -0.3 is 16.0 Å². The average molecular weight is 526 g/mol. The highest BCUT2D eigenvalue weighted by atomic mass is 19.4. The summed E-state index contributed by atoms with van der Waals surface area (Å²) in [6.45, 7) is -0.276. The lowest BCUT2D eigenvalue weighted by atomic mass is 10.1. The highest BCUT2D eigenvalue weighted by Gasteiger charge is 2.32. The van der Waals surface area contributed by atoms with Crippen LogP contribution in [0.2, 0.25) is 0 Å². The molecule has 0 aliphatic rings. The number of nitrogens with zero attached hydrogens (tertiary/aromatic N) is 3. The largest absolute Gasteiger partial charge is 0.417 e. The van der Waals surface area contributed by atoms with E-state index in [9.17, 15) is 26.7 Å². The molecule has 4 rings (SSSR count). The summed E-state index contributed by atoms with van der Waals surface area (Å²) in [6, 6.07) is 9.00. The molecule has 2 aromatic heterocycles. The van der Waals surface area contributed by atoms with E-state index >= 15 is 0 Å². The molecule has 1 amide bonds. The van der Waals surface area contributed by atoms with Crippen LogP contribution >= 0.6 is 0 Å². The molecule has 0 saturated heterocycles. The van der Waals surface area contributed by atoms with Gasteiger partial charge in [0, 0.05) is 36.9 Å². The number of anilines is 2. The van der Waals surface area contributed by atoms with Crippen molar-refractivity contribution in [3.05, 3.63) is 88.7 Å². The second-order valence-electron chi connectivity index (χ2n) is 7.92. The van der Waals surface area contributed by atoms with Gasteiger partial charge in [0.25, 0.3) is 5.91 Å². The molecule has 3 N–H and O–H groups in total. The van der Waals surface area contributed by atoms with Gasteiger partial charge >= 0.3 is 6.18 Å². The van der Waals surface area contributed by atoms with Crippen LogP contribution in [0, 0.1) is 23.5 Å². The fourth-order valence-corrected chi connectivity index (χ4v) is 3.37. The fourth-order valence-electron chi connectivity index (χ4n) is 3.37. The van der Waals surface area contributed by atoms with Crippen LogP contribution < -0.4 is 16.0 Å². The average Bonchev–Trinajstić information content (AvgIpc) is 2.90. The van der Waals surface area contributed by atoms with Crippen LogP contribution in [-0.2, 0) is 12.7 Å². The van der Waals surface area contributed by atoms with Crippen LogP contribution in [0.1, 0.15) is 27.0 Å². The number of pyridine rings is 1. The molecule has 12 heteroatoms. The molecule has 0 bridgehead atoms. The Labute approximate surface area is 213 Å². The third kappa shape index (κ3) is 6.31. The molecule has 2 aromatic carbocycles. The molecule has 194 valence electrons. The summed E-state index contributed by atoms with van der Waals surface area (Å²) >= 11 is 0. The topological polar surface area (TPSA) is 91.8 Å². The maximum Gasteiger partial charge on any atom is 0.417 e. The molecule has 38 heavy (non-hydrogen) atoms. The van der Waals surface area contributed by atoms with Crippen molar-refractivity contribution < 1.29 is 26.7 Å². The van der Waals surface area contributed by atoms with E-state index in [4.69, 9.17) is 0 Å². The molecule has 0 aliphatic heterocycles. The van der Waals surface area contributed by atoms with Crippen LogP contribution in [0.15, 0.2) is 54.9 Å². The van der Waals surface area contributed by atoms with Crippen molar-refractivity contribution in [3.8, 4) is 11.8 Å². The zero-order valence-electron chi connectivity index (χ0n) is 19.8. The minimum atomic E-state index is -4.73. The van der Waals surface area contributed by atoms with Gasteiger partial charge in [0.05, 0.1) is 23.2 Å². The van der Waals surface area contributed by atoms with E-state index in [-0.39, 0.29) is 30.0 Å². The number of carbonyl (C=O) groups is 1. The standard InChI is InChI=1S/C26H19F5N6O/c1-32-25-36-13-17-9-15(5-7-22(17)37-25)3-2-8-33-23-19(11-18(14-34-23)26(29,30)31)24(38)35-12-16-4-6-20(27)21(28)10-16/h4-7,9-11,13-14H,8,12H2,1H3,(H,33,34)(H,35,38)(H,32,36,37). The van der Waals surface area contributed by atoms with Crippen molar-refractivity contribution in [2.45, 2.75) is 12.7 Å². The smallest absolute Gasteiger partial charge is 0.358 e. The lowest BCUT2D eigenvalue weighted by Crippen LogP contribution is -2.25. The Hall–Kier alpha value is -4.79. The van der Waals surface area contributed by atoms with Crippen molar-refractivity contribution in [3.63, 3.8) is 0 Å². The molecule has 4 aromatic rings. The predicted molar refractivity (Wildman–Crippen MR) is 131 cm³/mol. The zero-order chi connectivity index (χ0) is 27.3. The lowest BCUT2D eigenvalue weighted by molar-refractivity contribution is -0.137. The van der Waals surface area contributed by atoms with Crippen LogP contribution in [0.5, 0.6) is 0 Å². The van der Waals surface area contributed by atoms with Gasteiger partial charge in [-0.25, -0.2) is 23.7 Å². The van der Waals surface area contributed by atoms with Gasteiger partial charge in [-0.1, -0.05) is 17.9 Å². The number of amides is 1. The van der Waals surface area contributed by atoms with Crippen molar-refractivity contribution in [1.82, 2.24) is 20.3 Å². The summed E-state index contributed by atoms with van der Waals surface area (Å²) in [5.74, 6) is 3.05. The Kier molecular flexibility index (Phi) is 7.66. The summed E-state index contributed by atoms with van der Waals surface area (Å²) in [5.41, 5.74) is 0.103. The van der Waals surface area contributed by atoms with Crippen molar-refractivity contribution >= 4 is 28.6 Å². The van der Waals surface area contributed by atoms with Gasteiger partial charge in [-0.05, 0) is 42.0 Å². The molecular weight excluding hydrogens is 507 g/mol. The number of carbonyl (C=O) groups excluding carboxylic acids is 1. The van der Waals surface area contributed by atoms with Gasteiger partial charge in [0.2, 0.25) is 5.95 Å². The highest BCUT2D eigenvalue weighted by molar-refractivity contribution is 5.99. The van der Waals surface area contributed by atoms with Gasteiger partial charge in [0.1, 0.15) is 5.82 Å². The minimum Gasteiger partial charge on any atom is -0.358 e. The Morgan fingerprint density at radius 3 is 2.55 bits per heavy atom. The molecule has 0 fully saturated rings.